The van der Waals surface area contributed by atoms with Gasteiger partial charge >= 0.3 is 23.9 Å². The minimum atomic E-state index is -1.04. The molecule has 0 saturated carbocycles. The minimum absolute atomic E-state index is 0.130. The van der Waals surface area contributed by atoms with Crippen LogP contribution in [0.5, 0.6) is 0 Å². The van der Waals surface area contributed by atoms with Gasteiger partial charge in [0.2, 0.25) is 0 Å². The fourth-order valence-electron chi connectivity index (χ4n) is 4.07. The van der Waals surface area contributed by atoms with Crippen LogP contribution in [0.3, 0.4) is 0 Å². The highest BCUT2D eigenvalue weighted by atomic mass is 16.6. The minimum Gasteiger partial charge on any atom is -0.459 e. The fourth-order valence-corrected chi connectivity index (χ4v) is 4.07. The van der Waals surface area contributed by atoms with E-state index in [4.69, 9.17) is 18.9 Å². The SMILES string of the molecule is CC/C=C/COC(=O)[C@H](C)OC(=O)c1ccc(N2CCN(c3ccc(C(=O)O[C@@H](C)C(=O)OC/C=C/CC)cn3)CC2)nc1. The van der Waals surface area contributed by atoms with E-state index in [-0.39, 0.29) is 24.3 Å². The van der Waals surface area contributed by atoms with E-state index >= 15 is 0 Å². The third kappa shape index (κ3) is 10.2. The van der Waals surface area contributed by atoms with Gasteiger partial charge in [-0.25, -0.2) is 29.1 Å². The summed E-state index contributed by atoms with van der Waals surface area (Å²) in [5.41, 5.74) is 0.465. The van der Waals surface area contributed by atoms with E-state index in [9.17, 15) is 19.2 Å². The average Bonchev–Trinajstić information content (AvgIpc) is 3.05. The predicted octanol–water partition coefficient (Wildman–Crippen LogP) is 3.91. The van der Waals surface area contributed by atoms with Crippen molar-refractivity contribution in [1.29, 1.82) is 0 Å². The first-order valence-corrected chi connectivity index (χ1v) is 14.7. The fraction of sp³-hybridized carbons (Fsp3) is 0.438. The Morgan fingerprint density at radius 1 is 0.682 bits per heavy atom. The molecule has 3 heterocycles. The molecule has 1 saturated heterocycles. The monoisotopic (exact) mass is 608 g/mol. The Labute approximate surface area is 257 Å². The van der Waals surface area contributed by atoms with Crippen LogP contribution in [0.15, 0.2) is 61.0 Å². The molecule has 0 unspecified atom stereocenters. The number of esters is 4. The van der Waals surface area contributed by atoms with E-state index in [2.05, 4.69) is 19.8 Å². The molecule has 236 valence electrons. The normalized spacial score (nSPS) is 14.7. The third-order valence-electron chi connectivity index (χ3n) is 6.57. The summed E-state index contributed by atoms with van der Waals surface area (Å²) < 4.78 is 20.6. The Hall–Kier alpha value is -4.74. The Kier molecular flexibility index (Phi) is 13.3. The molecule has 1 aliphatic rings. The second-order valence-corrected chi connectivity index (χ2v) is 9.90. The molecule has 2 atom stereocenters. The lowest BCUT2D eigenvalue weighted by Crippen LogP contribution is -2.47. The predicted molar refractivity (Wildman–Crippen MR) is 163 cm³/mol. The summed E-state index contributed by atoms with van der Waals surface area (Å²) in [7, 11) is 0. The number of allylic oxidation sites excluding steroid dienone is 2. The second-order valence-electron chi connectivity index (χ2n) is 9.90. The number of hydrogen-bond acceptors (Lipinski definition) is 12. The lowest BCUT2D eigenvalue weighted by Gasteiger charge is -2.36. The molecule has 2 aromatic rings. The average molecular weight is 609 g/mol. The Morgan fingerprint density at radius 3 is 1.39 bits per heavy atom. The molecule has 0 amide bonds. The Bertz CT molecular complexity index is 1200. The van der Waals surface area contributed by atoms with Gasteiger partial charge in [0.1, 0.15) is 24.8 Å². The second kappa shape index (κ2) is 17.4. The number of aromatic nitrogens is 2. The van der Waals surface area contributed by atoms with E-state index in [1.807, 2.05) is 26.0 Å². The molecule has 0 bridgehead atoms. The number of piperazine rings is 1. The van der Waals surface area contributed by atoms with Crippen molar-refractivity contribution in [1.82, 2.24) is 9.97 Å². The highest BCUT2D eigenvalue weighted by Gasteiger charge is 2.23. The summed E-state index contributed by atoms with van der Waals surface area (Å²) in [4.78, 5) is 62.0. The molecular formula is C32H40N4O8. The number of pyridine rings is 2. The van der Waals surface area contributed by atoms with E-state index in [0.717, 1.165) is 12.8 Å². The first-order chi connectivity index (χ1) is 21.2. The molecule has 1 fully saturated rings. The molecule has 0 radical (unpaired) electrons. The first kappa shape index (κ1) is 33.8. The van der Waals surface area contributed by atoms with Crippen LogP contribution in [0.4, 0.5) is 11.6 Å². The van der Waals surface area contributed by atoms with Crippen LogP contribution in [0, 0.1) is 0 Å². The molecule has 0 spiro atoms. The van der Waals surface area contributed by atoms with Crippen molar-refractivity contribution >= 4 is 35.5 Å². The van der Waals surface area contributed by atoms with Crippen molar-refractivity contribution in [3.8, 4) is 0 Å². The first-order valence-electron chi connectivity index (χ1n) is 14.7. The number of ether oxygens (including phenoxy) is 4. The molecular weight excluding hydrogens is 568 g/mol. The van der Waals surface area contributed by atoms with E-state index in [1.165, 1.54) is 26.2 Å². The standard InChI is InChI=1S/C32H40N4O8/c1-5-7-9-19-41-29(37)23(3)43-31(39)25-11-13-27(33-21-25)35-15-17-36(18-16-35)28-14-12-26(22-34-28)32(40)44-24(4)30(38)42-20-10-8-6-2/h7-14,21-24H,5-6,15-20H2,1-4H3/b9-7+,10-8+/t23-,24-/m0/s1. The van der Waals surface area contributed by atoms with Crippen molar-refractivity contribution in [3.05, 3.63) is 72.1 Å². The number of carbonyl (C=O) groups excluding carboxylic acids is 4. The lowest BCUT2D eigenvalue weighted by atomic mass is 10.2. The zero-order chi connectivity index (χ0) is 31.9. The molecule has 0 aliphatic carbocycles. The summed E-state index contributed by atoms with van der Waals surface area (Å²) in [6, 6.07) is 6.70. The molecule has 12 heteroatoms. The van der Waals surface area contributed by atoms with Gasteiger partial charge in [-0.1, -0.05) is 38.2 Å². The van der Waals surface area contributed by atoms with Crippen molar-refractivity contribution < 1.29 is 38.1 Å². The third-order valence-corrected chi connectivity index (χ3v) is 6.57. The molecule has 0 aromatic carbocycles. The maximum absolute atomic E-state index is 12.5. The number of rotatable bonds is 14. The smallest absolute Gasteiger partial charge is 0.347 e. The summed E-state index contributed by atoms with van der Waals surface area (Å²) in [5, 5.41) is 0. The molecule has 3 rings (SSSR count). The molecule has 0 N–H and O–H groups in total. The largest absolute Gasteiger partial charge is 0.459 e. The van der Waals surface area contributed by atoms with Gasteiger partial charge in [0, 0.05) is 38.6 Å². The Balaban J connectivity index is 1.45. The van der Waals surface area contributed by atoms with Gasteiger partial charge < -0.3 is 28.7 Å². The van der Waals surface area contributed by atoms with Gasteiger partial charge in [0.15, 0.2) is 12.2 Å². The maximum atomic E-state index is 12.5. The van der Waals surface area contributed by atoms with Crippen LogP contribution in [0.2, 0.25) is 0 Å². The van der Waals surface area contributed by atoms with Gasteiger partial charge in [-0.2, -0.15) is 0 Å². The van der Waals surface area contributed by atoms with E-state index < -0.39 is 36.1 Å². The topological polar surface area (TPSA) is 137 Å². The maximum Gasteiger partial charge on any atom is 0.347 e. The van der Waals surface area contributed by atoms with Gasteiger partial charge in [-0.05, 0) is 51.0 Å². The summed E-state index contributed by atoms with van der Waals surface area (Å²) in [6.45, 7) is 9.77. The van der Waals surface area contributed by atoms with E-state index in [0.29, 0.717) is 37.8 Å². The van der Waals surface area contributed by atoms with Crippen molar-refractivity contribution in [2.24, 2.45) is 0 Å². The Morgan fingerprint density at radius 2 is 1.07 bits per heavy atom. The van der Waals surface area contributed by atoms with Gasteiger partial charge in [0.05, 0.1) is 11.1 Å². The summed E-state index contributed by atoms with van der Waals surface area (Å²) >= 11 is 0. The summed E-state index contributed by atoms with van der Waals surface area (Å²) in [5.74, 6) is -1.14. The zero-order valence-corrected chi connectivity index (χ0v) is 25.6. The van der Waals surface area contributed by atoms with Gasteiger partial charge in [-0.15, -0.1) is 0 Å². The quantitative estimate of drug-likeness (QED) is 0.175. The van der Waals surface area contributed by atoms with Crippen LogP contribution < -0.4 is 9.80 Å². The highest BCUT2D eigenvalue weighted by Crippen LogP contribution is 2.19. The highest BCUT2D eigenvalue weighted by molar-refractivity contribution is 5.92. The molecule has 2 aromatic heterocycles. The number of hydrogen-bond donors (Lipinski definition) is 0. The van der Waals surface area contributed by atoms with Crippen LogP contribution >= 0.6 is 0 Å². The molecule has 12 nitrogen and oxygen atoms in total. The lowest BCUT2D eigenvalue weighted by molar-refractivity contribution is -0.152. The van der Waals surface area contributed by atoms with Crippen LogP contribution in [0.1, 0.15) is 61.3 Å². The van der Waals surface area contributed by atoms with Crippen LogP contribution in [0.25, 0.3) is 0 Å². The van der Waals surface area contributed by atoms with E-state index in [1.54, 1.807) is 36.4 Å². The molecule has 1 aliphatic heterocycles. The van der Waals surface area contributed by atoms with Crippen LogP contribution in [-0.4, -0.2) is 85.4 Å². The van der Waals surface area contributed by atoms with Crippen molar-refractivity contribution in [3.63, 3.8) is 0 Å². The van der Waals surface area contributed by atoms with Gasteiger partial charge in [0.25, 0.3) is 0 Å². The number of anilines is 2. The van der Waals surface area contributed by atoms with Crippen LogP contribution in [-0.2, 0) is 28.5 Å². The number of carbonyl (C=O) groups is 4. The number of nitrogens with zero attached hydrogens (tertiary/aromatic N) is 4. The zero-order valence-electron chi connectivity index (χ0n) is 25.6. The molecule has 44 heavy (non-hydrogen) atoms. The van der Waals surface area contributed by atoms with Crippen molar-refractivity contribution in [2.45, 2.75) is 52.7 Å². The summed E-state index contributed by atoms with van der Waals surface area (Å²) in [6.07, 6.45) is 9.68. The van der Waals surface area contributed by atoms with Gasteiger partial charge in [-0.3, -0.25) is 0 Å². The van der Waals surface area contributed by atoms with Crippen molar-refractivity contribution in [2.75, 3.05) is 49.2 Å².